The minimum atomic E-state index is -0.290. The maximum absolute atomic E-state index is 6.32. The van der Waals surface area contributed by atoms with Crippen LogP contribution in [-0.4, -0.2) is 12.3 Å². The lowest BCUT2D eigenvalue weighted by Gasteiger charge is -2.16. The van der Waals surface area contributed by atoms with Crippen molar-refractivity contribution in [2.24, 2.45) is 0 Å². The van der Waals surface area contributed by atoms with Crippen LogP contribution in [0.1, 0.15) is 12.5 Å². The highest BCUT2D eigenvalue weighted by Gasteiger charge is 2.12. The molecule has 0 bridgehead atoms. The van der Waals surface area contributed by atoms with E-state index in [1.165, 1.54) is 10.9 Å². The molecule has 0 nitrogen and oxygen atoms in total. The second-order valence-corrected chi connectivity index (χ2v) is 7.77. The number of hydrogen-bond acceptors (Lipinski definition) is 0. The fourth-order valence-electron chi connectivity index (χ4n) is 2.01. The van der Waals surface area contributed by atoms with Crippen LogP contribution in [0.5, 0.6) is 0 Å². The highest BCUT2D eigenvalue weighted by atomic mass is 35.5. The molecule has 0 amide bonds. The monoisotopic (exact) mass is 322 g/mol. The van der Waals surface area contributed by atoms with E-state index in [1.807, 2.05) is 18.2 Å². The predicted octanol–water partition coefficient (Wildman–Crippen LogP) is 5.83. The van der Waals surface area contributed by atoms with Gasteiger partial charge >= 0.3 is 0 Å². The lowest BCUT2D eigenvalue weighted by molar-refractivity contribution is 1.48. The molecule has 3 heteroatoms. The van der Waals surface area contributed by atoms with Gasteiger partial charge in [0.2, 0.25) is 0 Å². The molecular formula is C17H17Cl2P. The van der Waals surface area contributed by atoms with Crippen LogP contribution < -0.4 is 5.30 Å². The normalized spacial score (nSPS) is 12.8. The Morgan fingerprint density at radius 1 is 1.00 bits per heavy atom. The third-order valence-corrected chi connectivity index (χ3v) is 6.51. The molecule has 0 spiro atoms. The topological polar surface area (TPSA) is 0 Å². The van der Waals surface area contributed by atoms with Crippen LogP contribution in [0.25, 0.3) is 6.08 Å². The van der Waals surface area contributed by atoms with Crippen LogP contribution in [0, 0.1) is 0 Å². The zero-order valence-electron chi connectivity index (χ0n) is 11.4. The van der Waals surface area contributed by atoms with Crippen LogP contribution in [0.15, 0.2) is 54.6 Å². The van der Waals surface area contributed by atoms with Gasteiger partial charge in [-0.2, -0.15) is 0 Å². The predicted molar refractivity (Wildman–Crippen MR) is 93.9 cm³/mol. The first-order valence-corrected chi connectivity index (χ1v) is 9.09. The Bertz CT molecular complexity index is 579. The summed E-state index contributed by atoms with van der Waals surface area (Å²) in [6.45, 7) is 2.21. The van der Waals surface area contributed by atoms with Crippen LogP contribution >= 0.6 is 31.1 Å². The van der Waals surface area contributed by atoms with Gasteiger partial charge in [0.05, 0.1) is 10.0 Å². The van der Waals surface area contributed by atoms with Crippen molar-refractivity contribution in [1.29, 1.82) is 0 Å². The molecule has 0 aliphatic rings. The summed E-state index contributed by atoms with van der Waals surface area (Å²) in [6, 6.07) is 16.3. The van der Waals surface area contributed by atoms with Crippen molar-refractivity contribution in [2.45, 2.75) is 6.92 Å². The summed E-state index contributed by atoms with van der Waals surface area (Å²) >= 11 is 12.4. The molecule has 0 heterocycles. The number of rotatable bonds is 5. The largest absolute Gasteiger partial charge is 0.0827 e. The van der Waals surface area contributed by atoms with E-state index in [0.29, 0.717) is 5.02 Å². The van der Waals surface area contributed by atoms with E-state index in [0.717, 1.165) is 17.3 Å². The molecule has 0 aliphatic carbocycles. The first-order valence-electron chi connectivity index (χ1n) is 6.63. The summed E-state index contributed by atoms with van der Waals surface area (Å²) in [6.07, 6.45) is 6.54. The van der Waals surface area contributed by atoms with E-state index < -0.39 is 0 Å². The van der Waals surface area contributed by atoms with Crippen LogP contribution in [-0.2, 0) is 0 Å². The molecule has 1 atom stereocenters. The molecule has 0 saturated heterocycles. The zero-order valence-corrected chi connectivity index (χ0v) is 13.8. The van der Waals surface area contributed by atoms with E-state index in [2.05, 4.69) is 49.4 Å². The zero-order chi connectivity index (χ0) is 14.4. The molecule has 0 saturated carbocycles. The second-order valence-electron chi connectivity index (χ2n) is 4.42. The third kappa shape index (κ3) is 4.09. The smallest absolute Gasteiger partial charge is 0.0669 e. The number of hydrogen-bond donors (Lipinski definition) is 0. The molecule has 1 unspecified atom stereocenters. The fraction of sp³-hybridized carbons (Fsp3) is 0.176. The Labute approximate surface area is 132 Å². The summed E-state index contributed by atoms with van der Waals surface area (Å²) in [5.74, 6) is 0. The highest BCUT2D eigenvalue weighted by Crippen LogP contribution is 2.38. The van der Waals surface area contributed by atoms with Gasteiger partial charge in [-0.05, 0) is 29.3 Å². The van der Waals surface area contributed by atoms with Crippen molar-refractivity contribution in [3.05, 3.63) is 70.2 Å². The summed E-state index contributed by atoms with van der Waals surface area (Å²) in [5, 5.41) is 2.57. The molecule has 2 aromatic carbocycles. The van der Waals surface area contributed by atoms with Crippen molar-refractivity contribution in [2.75, 3.05) is 12.3 Å². The molecule has 0 N–H and O–H groups in total. The maximum atomic E-state index is 6.32. The molecule has 20 heavy (non-hydrogen) atoms. The Kier molecular flexibility index (Phi) is 6.10. The fourth-order valence-corrected chi connectivity index (χ4v) is 4.59. The molecule has 0 aromatic heterocycles. The number of benzene rings is 2. The lowest BCUT2D eigenvalue weighted by atomic mass is 10.2. The minimum absolute atomic E-state index is 0.290. The molecule has 0 radical (unpaired) electrons. The average Bonchev–Trinajstić information content (AvgIpc) is 2.48. The van der Waals surface area contributed by atoms with Gasteiger partial charge in [-0.3, -0.25) is 0 Å². The number of allylic oxidation sites excluding steroid dienone is 1. The molecule has 2 aromatic rings. The summed E-state index contributed by atoms with van der Waals surface area (Å²) in [7, 11) is -0.290. The van der Waals surface area contributed by atoms with Gasteiger partial charge in [0, 0.05) is 0 Å². The standard InChI is InChI=1S/C17H17Cl2P/c1-2-20(16-12-6-11-15(18)17(16)19)13-7-10-14-8-4-3-5-9-14/h3-12H,2,13H2,1H3. The Morgan fingerprint density at radius 3 is 2.45 bits per heavy atom. The number of halogens is 2. The van der Waals surface area contributed by atoms with Gasteiger partial charge < -0.3 is 0 Å². The molecule has 104 valence electrons. The Balaban J connectivity index is 2.10. The SMILES string of the molecule is CCP(CC=Cc1ccccc1)c1cccc(Cl)c1Cl. The van der Waals surface area contributed by atoms with Crippen molar-refractivity contribution >= 4 is 42.5 Å². The quantitative estimate of drug-likeness (QED) is 0.607. The first-order chi connectivity index (χ1) is 9.72. The lowest BCUT2D eigenvalue weighted by Crippen LogP contribution is -2.06. The van der Waals surface area contributed by atoms with E-state index >= 15 is 0 Å². The Hall–Kier alpha value is -0.810. The van der Waals surface area contributed by atoms with Gasteiger partial charge in [0.1, 0.15) is 0 Å². The average molecular weight is 323 g/mol. The van der Waals surface area contributed by atoms with Crippen molar-refractivity contribution in [3.63, 3.8) is 0 Å². The van der Waals surface area contributed by atoms with Crippen LogP contribution in [0.2, 0.25) is 10.0 Å². The van der Waals surface area contributed by atoms with Crippen LogP contribution in [0.3, 0.4) is 0 Å². The first kappa shape index (κ1) is 15.6. The third-order valence-electron chi connectivity index (χ3n) is 3.09. The van der Waals surface area contributed by atoms with Crippen molar-refractivity contribution in [3.8, 4) is 0 Å². The summed E-state index contributed by atoms with van der Waals surface area (Å²) in [4.78, 5) is 0. The second kappa shape index (κ2) is 7.84. The van der Waals surface area contributed by atoms with Gasteiger partial charge in [-0.1, -0.05) is 92.7 Å². The van der Waals surface area contributed by atoms with Crippen molar-refractivity contribution < 1.29 is 0 Å². The molecular weight excluding hydrogens is 306 g/mol. The Morgan fingerprint density at radius 2 is 1.75 bits per heavy atom. The van der Waals surface area contributed by atoms with Crippen LogP contribution in [0.4, 0.5) is 0 Å². The van der Waals surface area contributed by atoms with Gasteiger partial charge in [-0.25, -0.2) is 0 Å². The molecule has 0 fully saturated rings. The molecule has 2 rings (SSSR count). The highest BCUT2D eigenvalue weighted by molar-refractivity contribution is 7.66. The minimum Gasteiger partial charge on any atom is -0.0827 e. The van der Waals surface area contributed by atoms with Gasteiger partial charge in [-0.15, -0.1) is 0 Å². The summed E-state index contributed by atoms with van der Waals surface area (Å²) < 4.78 is 0. The van der Waals surface area contributed by atoms with E-state index in [-0.39, 0.29) is 7.92 Å². The van der Waals surface area contributed by atoms with Gasteiger partial charge in [0.15, 0.2) is 0 Å². The van der Waals surface area contributed by atoms with E-state index in [9.17, 15) is 0 Å². The van der Waals surface area contributed by atoms with Crippen molar-refractivity contribution in [1.82, 2.24) is 0 Å². The maximum Gasteiger partial charge on any atom is 0.0669 e. The van der Waals surface area contributed by atoms with Gasteiger partial charge in [0.25, 0.3) is 0 Å². The molecule has 0 aliphatic heterocycles. The summed E-state index contributed by atoms with van der Waals surface area (Å²) in [5.41, 5.74) is 1.23. The van der Waals surface area contributed by atoms with E-state index in [1.54, 1.807) is 0 Å². The van der Waals surface area contributed by atoms with E-state index in [4.69, 9.17) is 23.2 Å².